The van der Waals surface area contributed by atoms with Gasteiger partial charge in [0.1, 0.15) is 11.6 Å². The van der Waals surface area contributed by atoms with Crippen LogP contribution < -0.4 is 14.9 Å². The summed E-state index contributed by atoms with van der Waals surface area (Å²) in [5.74, 6) is 1.93. The van der Waals surface area contributed by atoms with Gasteiger partial charge in [0.25, 0.3) is 0 Å². The van der Waals surface area contributed by atoms with Crippen LogP contribution in [0.25, 0.3) is 5.65 Å². The van der Waals surface area contributed by atoms with Crippen LogP contribution in [-0.2, 0) is 13.0 Å². The second kappa shape index (κ2) is 7.19. The molecule has 26 heavy (non-hydrogen) atoms. The highest BCUT2D eigenvalue weighted by Gasteiger charge is 2.17. The average Bonchev–Trinajstić information content (AvgIpc) is 3.10. The Kier molecular flexibility index (Phi) is 4.60. The zero-order chi connectivity index (χ0) is 17.9. The van der Waals surface area contributed by atoms with Crippen LogP contribution in [0.1, 0.15) is 37.3 Å². The summed E-state index contributed by atoms with van der Waals surface area (Å²) in [4.78, 5) is 7.27. The molecule has 3 aromatic rings. The lowest BCUT2D eigenvalue weighted by atomic mass is 10.1. The lowest BCUT2D eigenvalue weighted by molar-refractivity contribution is -0.905. The number of rotatable bonds is 5. The molecule has 7 nitrogen and oxygen atoms in total. The Morgan fingerprint density at radius 3 is 2.88 bits per heavy atom. The molecule has 136 valence electrons. The van der Waals surface area contributed by atoms with Crippen molar-refractivity contribution < 1.29 is 9.94 Å². The minimum atomic E-state index is 0.598. The Labute approximate surface area is 152 Å². The monoisotopic (exact) mass is 353 g/mol. The van der Waals surface area contributed by atoms with Crippen LogP contribution in [0.3, 0.4) is 0 Å². The highest BCUT2D eigenvalue weighted by atomic mass is 16.5. The van der Waals surface area contributed by atoms with Gasteiger partial charge in [0.05, 0.1) is 6.20 Å². The molecule has 0 spiro atoms. The summed E-state index contributed by atoms with van der Waals surface area (Å²) in [5.41, 5.74) is 3.06. The fourth-order valence-corrected chi connectivity index (χ4v) is 3.46. The van der Waals surface area contributed by atoms with Crippen molar-refractivity contribution in [2.24, 2.45) is 0 Å². The number of nitrogens with zero attached hydrogens (tertiary/aromatic N) is 5. The Morgan fingerprint density at radius 1 is 1.27 bits per heavy atom. The number of pyridine rings is 1. The van der Waals surface area contributed by atoms with Gasteiger partial charge in [-0.2, -0.15) is 9.61 Å². The van der Waals surface area contributed by atoms with E-state index in [2.05, 4.69) is 28.3 Å². The van der Waals surface area contributed by atoms with E-state index in [9.17, 15) is 5.21 Å². The van der Waals surface area contributed by atoms with E-state index in [1.165, 1.54) is 19.3 Å². The molecule has 0 amide bonds. The van der Waals surface area contributed by atoms with Crippen molar-refractivity contribution in [1.29, 1.82) is 0 Å². The molecule has 2 N–H and O–H groups in total. The SMILES string of the molecule is CCc1cnn2c(NCc3ccc[n+](O)c3)cc(N3CCCCC3)nc12. The van der Waals surface area contributed by atoms with Crippen LogP contribution in [0.4, 0.5) is 11.6 Å². The minimum Gasteiger partial charge on any atom is -0.366 e. The number of aromatic nitrogens is 4. The highest BCUT2D eigenvalue weighted by molar-refractivity contribution is 5.61. The summed E-state index contributed by atoms with van der Waals surface area (Å²) < 4.78 is 2.95. The van der Waals surface area contributed by atoms with E-state index in [1.807, 2.05) is 22.8 Å². The first-order valence-corrected chi connectivity index (χ1v) is 9.30. The van der Waals surface area contributed by atoms with Crippen molar-refractivity contribution in [3.63, 3.8) is 0 Å². The molecule has 1 aliphatic rings. The Balaban J connectivity index is 1.68. The van der Waals surface area contributed by atoms with Crippen molar-refractivity contribution in [3.05, 3.63) is 47.9 Å². The largest absolute Gasteiger partial charge is 0.366 e. The number of nitrogens with one attached hydrogen (secondary N) is 1. The van der Waals surface area contributed by atoms with Crippen LogP contribution in [0.15, 0.2) is 36.8 Å². The van der Waals surface area contributed by atoms with Crippen molar-refractivity contribution in [2.45, 2.75) is 39.2 Å². The van der Waals surface area contributed by atoms with E-state index in [4.69, 9.17) is 4.98 Å². The molecule has 7 heteroatoms. The molecule has 0 unspecified atom stereocenters. The maximum absolute atomic E-state index is 9.59. The summed E-state index contributed by atoms with van der Waals surface area (Å²) in [5, 5.41) is 17.6. The number of hydrogen-bond acceptors (Lipinski definition) is 5. The van der Waals surface area contributed by atoms with E-state index in [0.29, 0.717) is 6.54 Å². The summed E-state index contributed by atoms with van der Waals surface area (Å²) in [7, 11) is 0. The molecule has 0 radical (unpaired) electrons. The summed E-state index contributed by atoms with van der Waals surface area (Å²) in [6.45, 7) is 4.84. The first kappa shape index (κ1) is 16.6. The van der Waals surface area contributed by atoms with Gasteiger partial charge in [0.2, 0.25) is 12.4 Å². The van der Waals surface area contributed by atoms with Gasteiger partial charge in [-0.1, -0.05) is 6.92 Å². The summed E-state index contributed by atoms with van der Waals surface area (Å²) in [6.07, 6.45) is 9.83. The molecular formula is C19H25N6O+. The fourth-order valence-electron chi connectivity index (χ4n) is 3.46. The third-order valence-corrected chi connectivity index (χ3v) is 4.91. The first-order chi connectivity index (χ1) is 12.7. The predicted molar refractivity (Wildman–Crippen MR) is 99.6 cm³/mol. The van der Waals surface area contributed by atoms with E-state index >= 15 is 0 Å². The molecule has 4 rings (SSSR count). The lowest BCUT2D eigenvalue weighted by Crippen LogP contribution is -2.30. The maximum atomic E-state index is 9.59. The van der Waals surface area contributed by atoms with Gasteiger partial charge in [-0.3, -0.25) is 5.21 Å². The summed E-state index contributed by atoms with van der Waals surface area (Å²) in [6, 6.07) is 5.88. The number of piperidine rings is 1. The van der Waals surface area contributed by atoms with E-state index < -0.39 is 0 Å². The standard InChI is InChI=1S/C19H25N6O/c1-2-16-13-21-25-17(20-12-15-7-6-10-24(26)14-15)11-18(22-19(16)25)23-8-4-3-5-9-23/h6-7,10-11,13-14,20,26H,2-5,8-9,12H2,1H3/q+1. The second-order valence-electron chi connectivity index (χ2n) is 6.75. The highest BCUT2D eigenvalue weighted by Crippen LogP contribution is 2.24. The average molecular weight is 353 g/mol. The van der Waals surface area contributed by atoms with Crippen LogP contribution in [0, 0.1) is 0 Å². The van der Waals surface area contributed by atoms with E-state index in [-0.39, 0.29) is 0 Å². The zero-order valence-electron chi connectivity index (χ0n) is 15.1. The van der Waals surface area contributed by atoms with Crippen molar-refractivity contribution in [3.8, 4) is 0 Å². The molecule has 1 saturated heterocycles. The van der Waals surface area contributed by atoms with Crippen LogP contribution in [0.5, 0.6) is 0 Å². The number of hydrogen-bond donors (Lipinski definition) is 2. The second-order valence-corrected chi connectivity index (χ2v) is 6.75. The van der Waals surface area contributed by atoms with Crippen LogP contribution in [0.2, 0.25) is 0 Å². The minimum absolute atomic E-state index is 0.598. The normalized spacial score (nSPS) is 14.7. The molecule has 0 bridgehead atoms. The first-order valence-electron chi connectivity index (χ1n) is 9.30. The van der Waals surface area contributed by atoms with Gasteiger partial charge in [0, 0.05) is 47.6 Å². The molecule has 1 fully saturated rings. The number of fused-ring (bicyclic) bond motifs is 1. The quantitative estimate of drug-likeness (QED) is 0.545. The molecule has 0 saturated carbocycles. The topological polar surface area (TPSA) is 69.6 Å². The van der Waals surface area contributed by atoms with E-state index in [1.54, 1.807) is 12.4 Å². The van der Waals surface area contributed by atoms with Gasteiger partial charge in [-0.25, -0.2) is 4.98 Å². The van der Waals surface area contributed by atoms with Gasteiger partial charge in [-0.05, 0) is 31.7 Å². The van der Waals surface area contributed by atoms with Gasteiger partial charge < -0.3 is 10.2 Å². The van der Waals surface area contributed by atoms with Gasteiger partial charge in [-0.15, -0.1) is 0 Å². The van der Waals surface area contributed by atoms with Crippen molar-refractivity contribution in [1.82, 2.24) is 14.6 Å². The van der Waals surface area contributed by atoms with Crippen molar-refractivity contribution in [2.75, 3.05) is 23.3 Å². The smallest absolute Gasteiger partial charge is 0.227 e. The molecule has 0 aromatic carbocycles. The summed E-state index contributed by atoms with van der Waals surface area (Å²) >= 11 is 0. The van der Waals surface area contributed by atoms with Crippen molar-refractivity contribution >= 4 is 17.3 Å². The molecule has 0 atom stereocenters. The number of anilines is 2. The van der Waals surface area contributed by atoms with Gasteiger partial charge >= 0.3 is 0 Å². The Morgan fingerprint density at radius 2 is 2.12 bits per heavy atom. The third kappa shape index (κ3) is 3.29. The fraction of sp³-hybridized carbons (Fsp3) is 0.421. The maximum Gasteiger partial charge on any atom is 0.227 e. The molecule has 4 heterocycles. The van der Waals surface area contributed by atoms with E-state index in [0.717, 1.165) is 52.7 Å². The molecular weight excluding hydrogens is 328 g/mol. The Bertz CT molecular complexity index is 900. The lowest BCUT2D eigenvalue weighted by Gasteiger charge is -2.28. The Hall–Kier alpha value is -2.83. The van der Waals surface area contributed by atoms with Crippen LogP contribution in [-0.4, -0.2) is 32.9 Å². The molecule has 1 aliphatic heterocycles. The van der Waals surface area contributed by atoms with Crippen LogP contribution >= 0.6 is 0 Å². The third-order valence-electron chi connectivity index (χ3n) is 4.91. The number of aryl methyl sites for hydroxylation is 1. The molecule has 0 aliphatic carbocycles. The predicted octanol–water partition coefficient (Wildman–Crippen LogP) is 2.42. The zero-order valence-corrected chi connectivity index (χ0v) is 15.1. The van der Waals surface area contributed by atoms with Gasteiger partial charge in [0.15, 0.2) is 5.65 Å². The molecule has 3 aromatic heterocycles.